The number of benzene rings is 1. The molecule has 102 valence electrons. The monoisotopic (exact) mass is 301 g/mol. The second-order valence-corrected chi connectivity index (χ2v) is 5.44. The van der Waals surface area contributed by atoms with Crippen molar-refractivity contribution in [2.75, 3.05) is 11.9 Å². The summed E-state index contributed by atoms with van der Waals surface area (Å²) in [4.78, 5) is 23.1. The molecular formula is C13H13Cl2NO3. The van der Waals surface area contributed by atoms with Gasteiger partial charge in [-0.3, -0.25) is 9.59 Å². The molecule has 0 radical (unpaired) electrons. The molecule has 1 aliphatic carbocycles. The molecule has 2 rings (SSSR count). The number of hydrogen-bond donors (Lipinski definition) is 1. The van der Waals surface area contributed by atoms with Gasteiger partial charge < -0.3 is 10.1 Å². The molecule has 2 atom stereocenters. The number of hydrogen-bond acceptors (Lipinski definition) is 3. The number of carbonyl (C=O) groups is 2. The van der Waals surface area contributed by atoms with Gasteiger partial charge in [-0.2, -0.15) is 0 Å². The fourth-order valence-corrected chi connectivity index (χ4v) is 2.01. The van der Waals surface area contributed by atoms with Gasteiger partial charge in [-0.1, -0.05) is 30.1 Å². The minimum absolute atomic E-state index is 0.0532. The summed E-state index contributed by atoms with van der Waals surface area (Å²) in [7, 11) is 0. The van der Waals surface area contributed by atoms with Gasteiger partial charge in [-0.05, 0) is 30.5 Å². The minimum atomic E-state index is -0.439. The minimum Gasteiger partial charge on any atom is -0.455 e. The van der Waals surface area contributed by atoms with Crippen molar-refractivity contribution in [1.82, 2.24) is 0 Å². The van der Waals surface area contributed by atoms with Gasteiger partial charge in [0, 0.05) is 5.02 Å². The number of esters is 1. The van der Waals surface area contributed by atoms with E-state index in [1.807, 2.05) is 6.92 Å². The summed E-state index contributed by atoms with van der Waals surface area (Å²) in [5.74, 6) is -0.453. The number of carbonyl (C=O) groups excluding carboxylic acids is 2. The van der Waals surface area contributed by atoms with Crippen molar-refractivity contribution >= 4 is 40.8 Å². The normalized spacial score (nSPS) is 20.8. The Hall–Kier alpha value is -1.26. The van der Waals surface area contributed by atoms with Crippen LogP contribution in [0.25, 0.3) is 0 Å². The van der Waals surface area contributed by atoms with E-state index < -0.39 is 5.91 Å². The van der Waals surface area contributed by atoms with E-state index in [4.69, 9.17) is 27.9 Å². The van der Waals surface area contributed by atoms with Crippen LogP contribution in [0.5, 0.6) is 0 Å². The van der Waals surface area contributed by atoms with Crippen LogP contribution in [-0.2, 0) is 14.3 Å². The summed E-state index contributed by atoms with van der Waals surface area (Å²) < 4.78 is 4.91. The molecule has 0 aromatic heterocycles. The number of halogens is 2. The SMILES string of the molecule is C[C@H]1C[C@@H]1C(=O)OCC(=O)Nc1cc(Cl)ccc1Cl. The first-order chi connectivity index (χ1) is 8.97. The highest BCUT2D eigenvalue weighted by Gasteiger charge is 2.40. The van der Waals surface area contributed by atoms with Crippen LogP contribution in [-0.4, -0.2) is 18.5 Å². The van der Waals surface area contributed by atoms with Crippen molar-refractivity contribution in [2.24, 2.45) is 11.8 Å². The van der Waals surface area contributed by atoms with Crippen molar-refractivity contribution < 1.29 is 14.3 Å². The van der Waals surface area contributed by atoms with E-state index in [1.54, 1.807) is 12.1 Å². The number of anilines is 1. The van der Waals surface area contributed by atoms with Crippen LogP contribution in [0.3, 0.4) is 0 Å². The van der Waals surface area contributed by atoms with Crippen LogP contribution in [0.15, 0.2) is 18.2 Å². The van der Waals surface area contributed by atoms with E-state index in [-0.39, 0.29) is 18.5 Å². The van der Waals surface area contributed by atoms with E-state index in [1.165, 1.54) is 6.07 Å². The van der Waals surface area contributed by atoms with Crippen LogP contribution in [0.2, 0.25) is 10.0 Å². The lowest BCUT2D eigenvalue weighted by atomic mass is 10.3. The molecule has 0 bridgehead atoms. The zero-order valence-corrected chi connectivity index (χ0v) is 11.8. The highest BCUT2D eigenvalue weighted by molar-refractivity contribution is 6.35. The lowest BCUT2D eigenvalue weighted by Gasteiger charge is -2.08. The average molecular weight is 302 g/mol. The first-order valence-electron chi connectivity index (χ1n) is 5.89. The van der Waals surface area contributed by atoms with E-state index in [2.05, 4.69) is 5.32 Å². The van der Waals surface area contributed by atoms with Crippen LogP contribution in [0.1, 0.15) is 13.3 Å². The Morgan fingerprint density at radius 3 is 2.74 bits per heavy atom. The number of amides is 1. The Morgan fingerprint density at radius 1 is 1.42 bits per heavy atom. The van der Waals surface area contributed by atoms with Crippen molar-refractivity contribution in [2.45, 2.75) is 13.3 Å². The van der Waals surface area contributed by atoms with E-state index in [9.17, 15) is 9.59 Å². The zero-order chi connectivity index (χ0) is 14.0. The molecule has 1 aromatic carbocycles. The van der Waals surface area contributed by atoms with Crippen LogP contribution in [0.4, 0.5) is 5.69 Å². The third-order valence-electron chi connectivity index (χ3n) is 2.96. The molecule has 1 aromatic rings. The molecule has 0 saturated heterocycles. The van der Waals surface area contributed by atoms with Gasteiger partial charge >= 0.3 is 5.97 Å². The lowest BCUT2D eigenvalue weighted by Crippen LogP contribution is -2.21. The summed E-state index contributed by atoms with van der Waals surface area (Å²) in [5, 5.41) is 3.38. The smallest absolute Gasteiger partial charge is 0.309 e. The quantitative estimate of drug-likeness (QED) is 0.869. The predicted octanol–water partition coefficient (Wildman–Crippen LogP) is 3.13. The highest BCUT2D eigenvalue weighted by atomic mass is 35.5. The summed E-state index contributed by atoms with van der Waals surface area (Å²) >= 11 is 11.7. The van der Waals surface area contributed by atoms with Gasteiger partial charge in [-0.15, -0.1) is 0 Å². The van der Waals surface area contributed by atoms with Gasteiger partial charge in [0.2, 0.25) is 0 Å². The molecule has 1 N–H and O–H groups in total. The fourth-order valence-electron chi connectivity index (χ4n) is 1.67. The number of nitrogens with one attached hydrogen (secondary N) is 1. The van der Waals surface area contributed by atoms with Crippen molar-refractivity contribution in [1.29, 1.82) is 0 Å². The Kier molecular flexibility index (Phi) is 4.32. The maximum Gasteiger partial charge on any atom is 0.309 e. The number of ether oxygens (including phenoxy) is 1. The predicted molar refractivity (Wildman–Crippen MR) is 73.3 cm³/mol. The lowest BCUT2D eigenvalue weighted by molar-refractivity contribution is -0.148. The zero-order valence-electron chi connectivity index (χ0n) is 10.3. The largest absolute Gasteiger partial charge is 0.455 e. The first kappa shape index (κ1) is 14.2. The molecule has 19 heavy (non-hydrogen) atoms. The third-order valence-corrected chi connectivity index (χ3v) is 3.52. The van der Waals surface area contributed by atoms with E-state index in [0.717, 1.165) is 6.42 Å². The standard InChI is InChI=1S/C13H13Cl2NO3/c1-7-4-9(7)13(18)19-6-12(17)16-11-5-8(14)2-3-10(11)15/h2-3,5,7,9H,4,6H2,1H3,(H,16,17)/t7-,9-/m0/s1. The van der Waals surface area contributed by atoms with Gasteiger partial charge in [-0.25, -0.2) is 0 Å². The summed E-state index contributed by atoms with van der Waals surface area (Å²) in [6.45, 7) is 1.66. The molecule has 1 aliphatic rings. The maximum absolute atomic E-state index is 11.6. The highest BCUT2D eigenvalue weighted by Crippen LogP contribution is 2.38. The molecule has 1 fully saturated rings. The summed E-state index contributed by atoms with van der Waals surface area (Å²) in [6, 6.07) is 4.73. The van der Waals surface area contributed by atoms with Gasteiger partial charge in [0.15, 0.2) is 6.61 Å². The molecular weight excluding hydrogens is 289 g/mol. The fraction of sp³-hybridized carbons (Fsp3) is 0.385. The maximum atomic E-state index is 11.6. The summed E-state index contributed by atoms with van der Waals surface area (Å²) in [6.07, 6.45) is 0.834. The molecule has 0 spiro atoms. The number of rotatable bonds is 4. The van der Waals surface area contributed by atoms with Crippen LogP contribution < -0.4 is 5.32 Å². The van der Waals surface area contributed by atoms with E-state index in [0.29, 0.717) is 21.7 Å². The molecule has 0 unspecified atom stereocenters. The first-order valence-corrected chi connectivity index (χ1v) is 6.64. The van der Waals surface area contributed by atoms with Crippen molar-refractivity contribution in [3.63, 3.8) is 0 Å². The Balaban J connectivity index is 1.84. The van der Waals surface area contributed by atoms with Gasteiger partial charge in [0.1, 0.15) is 0 Å². The van der Waals surface area contributed by atoms with Crippen molar-refractivity contribution in [3.8, 4) is 0 Å². The molecule has 4 nitrogen and oxygen atoms in total. The molecule has 0 heterocycles. The Bertz CT molecular complexity index is 519. The summed E-state index contributed by atoms with van der Waals surface area (Å²) in [5.41, 5.74) is 0.398. The van der Waals surface area contributed by atoms with Crippen molar-refractivity contribution in [3.05, 3.63) is 28.2 Å². The van der Waals surface area contributed by atoms with Crippen LogP contribution in [0, 0.1) is 11.8 Å². The molecule has 6 heteroatoms. The van der Waals surface area contributed by atoms with Gasteiger partial charge in [0.25, 0.3) is 5.91 Å². The molecule has 1 amide bonds. The van der Waals surface area contributed by atoms with E-state index >= 15 is 0 Å². The second kappa shape index (κ2) is 5.80. The second-order valence-electron chi connectivity index (χ2n) is 4.60. The third kappa shape index (κ3) is 3.85. The molecule has 1 saturated carbocycles. The molecule has 0 aliphatic heterocycles. The average Bonchev–Trinajstić information content (AvgIpc) is 3.08. The van der Waals surface area contributed by atoms with Crippen LogP contribution >= 0.6 is 23.2 Å². The Morgan fingerprint density at radius 2 is 2.11 bits per heavy atom. The topological polar surface area (TPSA) is 55.4 Å². The van der Waals surface area contributed by atoms with Gasteiger partial charge in [0.05, 0.1) is 16.6 Å². The Labute approximate surface area is 121 Å².